The molecule has 2 aromatic rings. The number of carbonyl (C=O) groups excluding carboxylic acids is 1. The molecule has 5 heteroatoms. The third-order valence-electron chi connectivity index (χ3n) is 4.08. The number of nitrogens with one attached hydrogen (secondary N) is 1. The minimum absolute atomic E-state index is 0.103. The summed E-state index contributed by atoms with van der Waals surface area (Å²) in [6, 6.07) is 13.8. The summed E-state index contributed by atoms with van der Waals surface area (Å²) < 4.78 is 4.95. The number of carbonyl (C=O) groups is 2. The Morgan fingerprint density at radius 2 is 1.88 bits per heavy atom. The minimum Gasteiger partial charge on any atom is -0.481 e. The summed E-state index contributed by atoms with van der Waals surface area (Å²) in [7, 11) is 1.53. The summed E-state index contributed by atoms with van der Waals surface area (Å²) in [5, 5.41) is 14.3. The van der Waals surface area contributed by atoms with Gasteiger partial charge in [-0.3, -0.25) is 9.59 Å². The van der Waals surface area contributed by atoms with Crippen molar-refractivity contribution in [3.05, 3.63) is 48.0 Å². The Labute approximate surface area is 141 Å². The van der Waals surface area contributed by atoms with E-state index < -0.39 is 11.9 Å². The summed E-state index contributed by atoms with van der Waals surface area (Å²) in [4.78, 5) is 23.5. The fourth-order valence-corrected chi connectivity index (χ4v) is 2.71. The third kappa shape index (κ3) is 4.55. The molecule has 0 aliphatic rings. The molecule has 0 aliphatic heterocycles. The fourth-order valence-electron chi connectivity index (χ4n) is 2.71. The van der Waals surface area contributed by atoms with Gasteiger partial charge in [-0.05, 0) is 22.8 Å². The lowest BCUT2D eigenvalue weighted by Gasteiger charge is -2.17. The van der Waals surface area contributed by atoms with Crippen molar-refractivity contribution >= 4 is 22.6 Å². The van der Waals surface area contributed by atoms with Gasteiger partial charge >= 0.3 is 5.97 Å². The zero-order valence-corrected chi connectivity index (χ0v) is 14.0. The molecule has 2 atom stereocenters. The van der Waals surface area contributed by atoms with Crippen LogP contribution in [-0.4, -0.2) is 37.2 Å². The number of aliphatic carboxylic acids is 1. The molecule has 0 spiro atoms. The monoisotopic (exact) mass is 329 g/mol. The second kappa shape index (κ2) is 8.45. The molecule has 5 nitrogen and oxygen atoms in total. The average Bonchev–Trinajstić information content (AvgIpc) is 2.58. The number of ether oxygens (including phenoxy) is 1. The van der Waals surface area contributed by atoms with Crippen molar-refractivity contribution in [1.29, 1.82) is 0 Å². The van der Waals surface area contributed by atoms with Gasteiger partial charge in [0, 0.05) is 13.7 Å². The van der Waals surface area contributed by atoms with Gasteiger partial charge in [-0.2, -0.15) is 0 Å². The van der Waals surface area contributed by atoms with Gasteiger partial charge in [-0.1, -0.05) is 49.4 Å². The summed E-state index contributed by atoms with van der Waals surface area (Å²) >= 11 is 0. The number of fused-ring (bicyclic) bond motifs is 1. The van der Waals surface area contributed by atoms with Gasteiger partial charge < -0.3 is 15.2 Å². The van der Waals surface area contributed by atoms with Crippen LogP contribution in [0.25, 0.3) is 10.8 Å². The van der Waals surface area contributed by atoms with E-state index >= 15 is 0 Å². The predicted octanol–water partition coefficient (Wildman–Crippen LogP) is 2.48. The van der Waals surface area contributed by atoms with E-state index in [0.29, 0.717) is 13.0 Å². The maximum absolute atomic E-state index is 11.9. The van der Waals surface area contributed by atoms with E-state index in [0.717, 1.165) is 16.3 Å². The van der Waals surface area contributed by atoms with Gasteiger partial charge in [0.1, 0.15) is 0 Å². The third-order valence-corrected chi connectivity index (χ3v) is 4.08. The molecule has 2 aromatic carbocycles. The van der Waals surface area contributed by atoms with E-state index in [4.69, 9.17) is 4.74 Å². The Kier molecular flexibility index (Phi) is 6.32. The van der Waals surface area contributed by atoms with E-state index in [1.54, 1.807) is 6.92 Å². The molecular weight excluding hydrogens is 306 g/mol. The van der Waals surface area contributed by atoms with Gasteiger partial charge in [0.05, 0.1) is 18.4 Å². The average molecular weight is 329 g/mol. The Hall–Kier alpha value is -2.40. The summed E-state index contributed by atoms with van der Waals surface area (Å²) in [5.74, 6) is -2.08. The van der Waals surface area contributed by atoms with Gasteiger partial charge in [-0.15, -0.1) is 0 Å². The van der Waals surface area contributed by atoms with E-state index in [-0.39, 0.29) is 18.4 Å². The van der Waals surface area contributed by atoms with Crippen molar-refractivity contribution < 1.29 is 19.4 Å². The largest absolute Gasteiger partial charge is 0.481 e. The molecule has 2 rings (SSSR count). The fraction of sp³-hybridized carbons (Fsp3) is 0.368. The van der Waals surface area contributed by atoms with E-state index in [1.165, 1.54) is 7.11 Å². The zero-order chi connectivity index (χ0) is 17.5. The predicted molar refractivity (Wildman–Crippen MR) is 92.8 cm³/mol. The number of amides is 1. The number of methoxy groups -OCH3 is 1. The topological polar surface area (TPSA) is 75.6 Å². The zero-order valence-electron chi connectivity index (χ0n) is 14.0. The molecule has 2 unspecified atom stereocenters. The van der Waals surface area contributed by atoms with Gasteiger partial charge in [0.2, 0.25) is 5.91 Å². The molecular formula is C19H23NO4. The summed E-state index contributed by atoms with van der Waals surface area (Å²) in [5.41, 5.74) is 0.972. The molecule has 1 amide bonds. The second-order valence-electron chi connectivity index (χ2n) is 5.98. The first-order valence-corrected chi connectivity index (χ1v) is 7.99. The highest BCUT2D eigenvalue weighted by Crippen LogP contribution is 2.21. The van der Waals surface area contributed by atoms with Crippen molar-refractivity contribution in [3.8, 4) is 0 Å². The van der Waals surface area contributed by atoms with Gasteiger partial charge in [0.25, 0.3) is 0 Å². The number of rotatable bonds is 8. The van der Waals surface area contributed by atoms with Crippen LogP contribution in [0.1, 0.15) is 12.5 Å². The maximum atomic E-state index is 11.9. The van der Waals surface area contributed by atoms with Crippen molar-refractivity contribution in [3.63, 3.8) is 0 Å². The minimum atomic E-state index is -0.914. The first-order valence-electron chi connectivity index (χ1n) is 7.99. The van der Waals surface area contributed by atoms with Crippen LogP contribution < -0.4 is 5.32 Å². The number of hydrogen-bond donors (Lipinski definition) is 2. The molecule has 0 aliphatic carbocycles. The molecule has 0 fully saturated rings. The Morgan fingerprint density at radius 1 is 1.17 bits per heavy atom. The second-order valence-corrected chi connectivity index (χ2v) is 5.98. The number of hydrogen-bond acceptors (Lipinski definition) is 3. The molecule has 0 saturated carbocycles. The van der Waals surface area contributed by atoms with Crippen LogP contribution in [0, 0.1) is 11.8 Å². The molecule has 0 heterocycles. The molecule has 128 valence electrons. The van der Waals surface area contributed by atoms with Crippen LogP contribution in [0.3, 0.4) is 0 Å². The molecule has 24 heavy (non-hydrogen) atoms. The quantitative estimate of drug-likeness (QED) is 0.780. The molecule has 2 N–H and O–H groups in total. The first-order chi connectivity index (χ1) is 11.5. The van der Waals surface area contributed by atoms with Gasteiger partial charge in [-0.25, -0.2) is 0 Å². The van der Waals surface area contributed by atoms with Crippen LogP contribution in [0.2, 0.25) is 0 Å². The Bertz CT molecular complexity index is 708. The van der Waals surface area contributed by atoms with Gasteiger partial charge in [0.15, 0.2) is 0 Å². The highest BCUT2D eigenvalue weighted by atomic mass is 16.5. The SMILES string of the molecule is COCC(C)C(=O)NCC(Cc1cccc2ccccc12)C(=O)O. The van der Waals surface area contributed by atoms with Crippen LogP contribution >= 0.6 is 0 Å². The lowest BCUT2D eigenvalue weighted by molar-refractivity contribution is -0.141. The smallest absolute Gasteiger partial charge is 0.308 e. The van der Waals surface area contributed by atoms with Crippen LogP contribution in [0.5, 0.6) is 0 Å². The standard InChI is InChI=1S/C19H23NO4/c1-13(12-24-2)18(21)20-11-16(19(22)23)10-15-8-5-7-14-6-3-4-9-17(14)15/h3-9,13,16H,10-12H2,1-2H3,(H,20,21)(H,22,23). The highest BCUT2D eigenvalue weighted by Gasteiger charge is 2.21. The molecule has 0 bridgehead atoms. The summed E-state index contributed by atoms with van der Waals surface area (Å²) in [6.45, 7) is 2.16. The maximum Gasteiger partial charge on any atom is 0.308 e. The molecule has 0 radical (unpaired) electrons. The number of benzene rings is 2. The van der Waals surface area contributed by atoms with E-state index in [2.05, 4.69) is 5.32 Å². The highest BCUT2D eigenvalue weighted by molar-refractivity contribution is 5.86. The van der Waals surface area contributed by atoms with Crippen LogP contribution in [0.4, 0.5) is 0 Å². The van der Waals surface area contributed by atoms with Crippen molar-refractivity contribution in [2.45, 2.75) is 13.3 Å². The normalized spacial score (nSPS) is 13.4. The lowest BCUT2D eigenvalue weighted by atomic mass is 9.94. The van der Waals surface area contributed by atoms with E-state index in [1.807, 2.05) is 42.5 Å². The molecule has 0 aromatic heterocycles. The van der Waals surface area contributed by atoms with Crippen molar-refractivity contribution in [2.75, 3.05) is 20.3 Å². The molecule has 0 saturated heterocycles. The van der Waals surface area contributed by atoms with Crippen molar-refractivity contribution in [1.82, 2.24) is 5.32 Å². The Balaban J connectivity index is 2.08. The lowest BCUT2D eigenvalue weighted by Crippen LogP contribution is -2.38. The first kappa shape index (κ1) is 17.9. The van der Waals surface area contributed by atoms with E-state index in [9.17, 15) is 14.7 Å². The van der Waals surface area contributed by atoms with Crippen LogP contribution in [-0.2, 0) is 20.7 Å². The summed E-state index contributed by atoms with van der Waals surface area (Å²) in [6.07, 6.45) is 0.371. The van der Waals surface area contributed by atoms with Crippen molar-refractivity contribution in [2.24, 2.45) is 11.8 Å². The number of carboxylic acids is 1. The Morgan fingerprint density at radius 3 is 2.58 bits per heavy atom. The van der Waals surface area contributed by atoms with Crippen LogP contribution in [0.15, 0.2) is 42.5 Å². The number of carboxylic acid groups (broad SMARTS) is 1.